The van der Waals surface area contributed by atoms with E-state index in [2.05, 4.69) is 0 Å². The molecule has 0 saturated carbocycles. The molecule has 1 aliphatic rings. The topological polar surface area (TPSA) is 53.0 Å². The molecule has 1 heterocycles. The van der Waals surface area contributed by atoms with Crippen molar-refractivity contribution in [3.05, 3.63) is 59.7 Å². The zero-order valence-corrected chi connectivity index (χ0v) is 9.08. The average molecular weight is 228 g/mol. The van der Waals surface area contributed by atoms with Crippen molar-refractivity contribution in [2.45, 2.75) is 12.2 Å². The number of epoxide rings is 1. The van der Waals surface area contributed by atoms with Crippen molar-refractivity contribution in [3.8, 4) is 11.5 Å². The molecule has 2 atom stereocenters. The van der Waals surface area contributed by atoms with Gasteiger partial charge in [0.15, 0.2) is 0 Å². The van der Waals surface area contributed by atoms with Crippen molar-refractivity contribution in [1.29, 1.82) is 0 Å². The molecule has 3 rings (SSSR count). The van der Waals surface area contributed by atoms with Gasteiger partial charge in [0, 0.05) is 0 Å². The fourth-order valence-corrected chi connectivity index (χ4v) is 1.95. The Morgan fingerprint density at radius 3 is 1.35 bits per heavy atom. The molecule has 3 heteroatoms. The van der Waals surface area contributed by atoms with Crippen LogP contribution in [0.1, 0.15) is 23.3 Å². The standard InChI is InChI=1S/C14H12O3/c15-11-5-1-9(2-6-11)13-14(17-13)10-3-7-12(16)8-4-10/h1-8,13-16H. The lowest BCUT2D eigenvalue weighted by molar-refractivity contribution is 0.377. The zero-order valence-electron chi connectivity index (χ0n) is 9.08. The predicted molar refractivity (Wildman–Crippen MR) is 62.8 cm³/mol. The Morgan fingerprint density at radius 2 is 1.00 bits per heavy atom. The normalized spacial score (nSPS) is 22.4. The van der Waals surface area contributed by atoms with Crippen molar-refractivity contribution in [1.82, 2.24) is 0 Å². The minimum Gasteiger partial charge on any atom is -0.508 e. The molecular weight excluding hydrogens is 216 g/mol. The molecule has 0 amide bonds. The van der Waals surface area contributed by atoms with E-state index >= 15 is 0 Å². The Hall–Kier alpha value is -2.00. The summed E-state index contributed by atoms with van der Waals surface area (Å²) >= 11 is 0. The van der Waals surface area contributed by atoms with Crippen LogP contribution in [0.15, 0.2) is 48.5 Å². The smallest absolute Gasteiger partial charge is 0.115 e. The third kappa shape index (κ3) is 1.97. The van der Waals surface area contributed by atoms with Crippen LogP contribution in [0.2, 0.25) is 0 Å². The minimum absolute atomic E-state index is 0.0557. The summed E-state index contributed by atoms with van der Waals surface area (Å²) in [5.74, 6) is 0.520. The summed E-state index contributed by atoms with van der Waals surface area (Å²) in [6.07, 6.45) is 0.111. The lowest BCUT2D eigenvalue weighted by Crippen LogP contribution is -1.83. The zero-order chi connectivity index (χ0) is 11.8. The van der Waals surface area contributed by atoms with Crippen LogP contribution >= 0.6 is 0 Å². The van der Waals surface area contributed by atoms with Crippen LogP contribution in [0.3, 0.4) is 0 Å². The fourth-order valence-electron chi connectivity index (χ4n) is 1.95. The molecule has 2 aromatic rings. The Morgan fingerprint density at radius 1 is 0.647 bits per heavy atom. The number of phenols is 2. The maximum Gasteiger partial charge on any atom is 0.115 e. The third-order valence-electron chi connectivity index (χ3n) is 2.93. The van der Waals surface area contributed by atoms with Crippen LogP contribution in [0, 0.1) is 0 Å². The van der Waals surface area contributed by atoms with Crippen LogP contribution in [-0.2, 0) is 4.74 Å². The first-order valence-corrected chi connectivity index (χ1v) is 5.47. The number of aromatic hydroxyl groups is 2. The molecule has 0 radical (unpaired) electrons. The van der Waals surface area contributed by atoms with Crippen molar-refractivity contribution >= 4 is 0 Å². The maximum absolute atomic E-state index is 9.20. The van der Waals surface area contributed by atoms with E-state index in [4.69, 9.17) is 4.74 Å². The van der Waals surface area contributed by atoms with Crippen molar-refractivity contribution in [2.75, 3.05) is 0 Å². The van der Waals surface area contributed by atoms with E-state index < -0.39 is 0 Å². The van der Waals surface area contributed by atoms with Gasteiger partial charge in [-0.2, -0.15) is 0 Å². The van der Waals surface area contributed by atoms with Gasteiger partial charge < -0.3 is 14.9 Å². The van der Waals surface area contributed by atoms with E-state index in [0.29, 0.717) is 0 Å². The summed E-state index contributed by atoms with van der Waals surface area (Å²) < 4.78 is 5.61. The fraction of sp³-hybridized carbons (Fsp3) is 0.143. The lowest BCUT2D eigenvalue weighted by Gasteiger charge is -1.98. The van der Waals surface area contributed by atoms with Crippen molar-refractivity contribution < 1.29 is 14.9 Å². The molecule has 0 aliphatic carbocycles. The highest BCUT2D eigenvalue weighted by Crippen LogP contribution is 2.51. The van der Waals surface area contributed by atoms with Gasteiger partial charge in [-0.3, -0.25) is 0 Å². The van der Waals surface area contributed by atoms with E-state index in [-0.39, 0.29) is 23.7 Å². The molecule has 17 heavy (non-hydrogen) atoms. The second-order valence-corrected chi connectivity index (χ2v) is 4.16. The van der Waals surface area contributed by atoms with Gasteiger partial charge in [0.1, 0.15) is 23.7 Å². The average Bonchev–Trinajstić information content (AvgIpc) is 3.11. The first-order chi connectivity index (χ1) is 8.24. The number of ether oxygens (including phenoxy) is 1. The van der Waals surface area contributed by atoms with Gasteiger partial charge in [0.2, 0.25) is 0 Å². The molecule has 0 spiro atoms. The van der Waals surface area contributed by atoms with Gasteiger partial charge in [-0.05, 0) is 35.4 Å². The van der Waals surface area contributed by atoms with Gasteiger partial charge in [-0.25, -0.2) is 0 Å². The second-order valence-electron chi connectivity index (χ2n) is 4.16. The van der Waals surface area contributed by atoms with Gasteiger partial charge in [0.25, 0.3) is 0 Å². The van der Waals surface area contributed by atoms with Crippen LogP contribution in [0.4, 0.5) is 0 Å². The molecule has 1 saturated heterocycles. The highest BCUT2D eigenvalue weighted by molar-refractivity contribution is 5.35. The van der Waals surface area contributed by atoms with Crippen LogP contribution < -0.4 is 0 Å². The quantitative estimate of drug-likeness (QED) is 0.777. The lowest BCUT2D eigenvalue weighted by atomic mass is 10.0. The SMILES string of the molecule is Oc1ccc(C2OC2c2ccc(O)cc2)cc1. The van der Waals surface area contributed by atoms with E-state index in [1.807, 2.05) is 24.3 Å². The Balaban J connectivity index is 1.78. The summed E-state index contributed by atoms with van der Waals surface area (Å²) in [5.41, 5.74) is 2.11. The molecule has 3 nitrogen and oxygen atoms in total. The number of rotatable bonds is 2. The molecule has 2 unspecified atom stereocenters. The summed E-state index contributed by atoms with van der Waals surface area (Å²) in [6.45, 7) is 0. The Bertz CT molecular complexity index is 467. The van der Waals surface area contributed by atoms with Crippen LogP contribution in [0.25, 0.3) is 0 Å². The molecule has 1 aliphatic heterocycles. The van der Waals surface area contributed by atoms with E-state index in [1.54, 1.807) is 24.3 Å². The summed E-state index contributed by atoms with van der Waals surface area (Å²) in [6, 6.07) is 14.1. The first-order valence-electron chi connectivity index (χ1n) is 5.47. The predicted octanol–water partition coefficient (Wildman–Crippen LogP) is 2.91. The molecule has 0 bridgehead atoms. The molecule has 2 aromatic carbocycles. The second kappa shape index (κ2) is 3.79. The molecular formula is C14H12O3. The van der Waals surface area contributed by atoms with Crippen LogP contribution in [-0.4, -0.2) is 10.2 Å². The molecule has 86 valence electrons. The first kappa shape index (κ1) is 10.2. The van der Waals surface area contributed by atoms with E-state index in [9.17, 15) is 10.2 Å². The highest BCUT2D eigenvalue weighted by atomic mass is 16.6. The third-order valence-corrected chi connectivity index (χ3v) is 2.93. The number of phenolic OH excluding ortho intramolecular Hbond substituents is 2. The highest BCUT2D eigenvalue weighted by Gasteiger charge is 2.41. The van der Waals surface area contributed by atoms with Gasteiger partial charge in [-0.1, -0.05) is 24.3 Å². The molecule has 1 fully saturated rings. The maximum atomic E-state index is 9.20. The largest absolute Gasteiger partial charge is 0.508 e. The van der Waals surface area contributed by atoms with E-state index in [0.717, 1.165) is 11.1 Å². The van der Waals surface area contributed by atoms with Crippen LogP contribution in [0.5, 0.6) is 11.5 Å². The number of hydrogen-bond acceptors (Lipinski definition) is 3. The van der Waals surface area contributed by atoms with Crippen molar-refractivity contribution in [2.24, 2.45) is 0 Å². The Labute approximate surface area is 98.9 Å². The number of hydrogen-bond donors (Lipinski definition) is 2. The Kier molecular flexibility index (Phi) is 2.27. The summed E-state index contributed by atoms with van der Waals surface area (Å²) in [5, 5.41) is 18.4. The van der Waals surface area contributed by atoms with Crippen molar-refractivity contribution in [3.63, 3.8) is 0 Å². The monoisotopic (exact) mass is 228 g/mol. The van der Waals surface area contributed by atoms with Gasteiger partial charge in [-0.15, -0.1) is 0 Å². The molecule has 2 N–H and O–H groups in total. The number of benzene rings is 2. The molecule has 0 aromatic heterocycles. The van der Waals surface area contributed by atoms with Gasteiger partial charge in [0.05, 0.1) is 0 Å². The van der Waals surface area contributed by atoms with E-state index in [1.165, 1.54) is 0 Å². The van der Waals surface area contributed by atoms with Gasteiger partial charge >= 0.3 is 0 Å². The summed E-state index contributed by atoms with van der Waals surface area (Å²) in [7, 11) is 0. The summed E-state index contributed by atoms with van der Waals surface area (Å²) in [4.78, 5) is 0. The minimum atomic E-state index is 0.0557.